The van der Waals surface area contributed by atoms with Crippen LogP contribution in [0, 0.1) is 0 Å². The maximum atomic E-state index is 12.9. The Morgan fingerprint density at radius 2 is 1.84 bits per heavy atom. The zero-order valence-corrected chi connectivity index (χ0v) is 13.6. The number of aliphatic hydroxyl groups is 1. The molecule has 1 amide bonds. The lowest BCUT2D eigenvalue weighted by Crippen LogP contribution is -2.34. The summed E-state index contributed by atoms with van der Waals surface area (Å²) in [5.74, 6) is 0.157. The fourth-order valence-corrected chi connectivity index (χ4v) is 2.62. The molecule has 5 nitrogen and oxygen atoms in total. The van der Waals surface area contributed by atoms with E-state index in [4.69, 9.17) is 4.42 Å². The summed E-state index contributed by atoms with van der Waals surface area (Å²) in [6.07, 6.45) is 0.553. The molecule has 0 aliphatic heterocycles. The highest BCUT2D eigenvalue weighted by atomic mass is 16.4. The predicted molar refractivity (Wildman–Crippen MR) is 93.0 cm³/mol. The van der Waals surface area contributed by atoms with Gasteiger partial charge in [-0.05, 0) is 35.9 Å². The van der Waals surface area contributed by atoms with E-state index in [1.54, 1.807) is 24.3 Å². The molecule has 1 heterocycles. The standard InChI is InChI=1S/C20H19NO4/c22-17-9-4-8-16(12-17)20(24)21(13-15-6-2-1-3-7-15)14-18(23)19-10-5-11-25-19/h1-12,18,22-23H,13-14H2/t18-/m0/s1. The van der Waals surface area contributed by atoms with Crippen molar-refractivity contribution in [2.75, 3.05) is 6.54 Å². The van der Waals surface area contributed by atoms with Crippen LogP contribution in [0.5, 0.6) is 5.75 Å². The average Bonchev–Trinajstić information content (AvgIpc) is 3.16. The van der Waals surface area contributed by atoms with Crippen molar-refractivity contribution in [3.63, 3.8) is 0 Å². The van der Waals surface area contributed by atoms with Crippen molar-refractivity contribution in [1.82, 2.24) is 4.90 Å². The first kappa shape index (κ1) is 16.8. The van der Waals surface area contributed by atoms with Gasteiger partial charge >= 0.3 is 0 Å². The first-order chi connectivity index (χ1) is 12.1. The lowest BCUT2D eigenvalue weighted by molar-refractivity contribution is 0.0563. The fourth-order valence-electron chi connectivity index (χ4n) is 2.62. The van der Waals surface area contributed by atoms with Gasteiger partial charge in [-0.2, -0.15) is 0 Å². The summed E-state index contributed by atoms with van der Waals surface area (Å²) in [7, 11) is 0. The molecule has 5 heteroatoms. The van der Waals surface area contributed by atoms with Gasteiger partial charge in [-0.25, -0.2) is 0 Å². The van der Waals surface area contributed by atoms with Crippen LogP contribution in [0.25, 0.3) is 0 Å². The average molecular weight is 337 g/mol. The molecular formula is C20H19NO4. The van der Waals surface area contributed by atoms with Gasteiger partial charge in [0.25, 0.3) is 5.91 Å². The van der Waals surface area contributed by atoms with Crippen LogP contribution in [0.15, 0.2) is 77.4 Å². The third-order valence-corrected chi connectivity index (χ3v) is 3.86. The normalized spacial score (nSPS) is 11.9. The second-order valence-electron chi connectivity index (χ2n) is 5.75. The van der Waals surface area contributed by atoms with E-state index in [2.05, 4.69) is 0 Å². The molecule has 1 atom stereocenters. The van der Waals surface area contributed by atoms with Crippen LogP contribution in [-0.2, 0) is 6.54 Å². The van der Waals surface area contributed by atoms with Gasteiger partial charge in [0.2, 0.25) is 0 Å². The van der Waals surface area contributed by atoms with Gasteiger partial charge in [0.05, 0.1) is 12.8 Å². The lowest BCUT2D eigenvalue weighted by atomic mass is 10.1. The monoisotopic (exact) mass is 337 g/mol. The summed E-state index contributed by atoms with van der Waals surface area (Å²) < 4.78 is 5.22. The van der Waals surface area contributed by atoms with Gasteiger partial charge in [0, 0.05) is 12.1 Å². The summed E-state index contributed by atoms with van der Waals surface area (Å²) in [4.78, 5) is 14.4. The largest absolute Gasteiger partial charge is 0.508 e. The highest BCUT2D eigenvalue weighted by Crippen LogP contribution is 2.20. The Hall–Kier alpha value is -3.05. The van der Waals surface area contributed by atoms with E-state index in [1.165, 1.54) is 23.3 Å². The van der Waals surface area contributed by atoms with E-state index in [-0.39, 0.29) is 18.2 Å². The Bertz CT molecular complexity index is 815. The minimum absolute atomic E-state index is 0.0251. The number of carbonyl (C=O) groups excluding carboxylic acids is 1. The quantitative estimate of drug-likeness (QED) is 0.723. The minimum atomic E-state index is -0.931. The van der Waals surface area contributed by atoms with E-state index in [9.17, 15) is 15.0 Å². The second-order valence-corrected chi connectivity index (χ2v) is 5.75. The summed E-state index contributed by atoms with van der Waals surface area (Å²) in [5, 5.41) is 20.0. The summed E-state index contributed by atoms with van der Waals surface area (Å²) in [6, 6.07) is 19.1. The molecular weight excluding hydrogens is 318 g/mol. The zero-order valence-electron chi connectivity index (χ0n) is 13.6. The number of aromatic hydroxyl groups is 1. The number of nitrogens with zero attached hydrogens (tertiary/aromatic N) is 1. The van der Waals surface area contributed by atoms with Crippen LogP contribution in [0.1, 0.15) is 27.8 Å². The number of benzene rings is 2. The van der Waals surface area contributed by atoms with E-state index >= 15 is 0 Å². The molecule has 3 rings (SSSR count). The van der Waals surface area contributed by atoms with Crippen molar-refractivity contribution in [3.8, 4) is 5.75 Å². The van der Waals surface area contributed by atoms with Crippen LogP contribution in [0.4, 0.5) is 0 Å². The number of hydrogen-bond donors (Lipinski definition) is 2. The van der Waals surface area contributed by atoms with E-state index in [0.29, 0.717) is 17.9 Å². The molecule has 0 saturated carbocycles. The first-order valence-electron chi connectivity index (χ1n) is 7.97. The third-order valence-electron chi connectivity index (χ3n) is 3.86. The molecule has 2 N–H and O–H groups in total. The Kier molecular flexibility index (Phi) is 5.16. The van der Waals surface area contributed by atoms with Crippen molar-refractivity contribution < 1.29 is 19.4 Å². The molecule has 3 aromatic rings. The van der Waals surface area contributed by atoms with Crippen molar-refractivity contribution in [2.45, 2.75) is 12.6 Å². The smallest absolute Gasteiger partial charge is 0.254 e. The van der Waals surface area contributed by atoms with E-state index in [1.807, 2.05) is 30.3 Å². The predicted octanol–water partition coefficient (Wildman–Crippen LogP) is 3.36. The molecule has 0 saturated heterocycles. The minimum Gasteiger partial charge on any atom is -0.508 e. The molecule has 25 heavy (non-hydrogen) atoms. The maximum absolute atomic E-state index is 12.9. The zero-order chi connectivity index (χ0) is 17.6. The molecule has 0 spiro atoms. The van der Waals surface area contributed by atoms with Gasteiger partial charge < -0.3 is 19.5 Å². The molecule has 0 fully saturated rings. The van der Waals surface area contributed by atoms with Crippen molar-refractivity contribution in [1.29, 1.82) is 0 Å². The fraction of sp³-hybridized carbons (Fsp3) is 0.150. The number of aliphatic hydroxyl groups excluding tert-OH is 1. The topological polar surface area (TPSA) is 73.9 Å². The highest BCUT2D eigenvalue weighted by molar-refractivity contribution is 5.94. The van der Waals surface area contributed by atoms with Crippen molar-refractivity contribution >= 4 is 5.91 Å². The summed E-state index contributed by atoms with van der Waals surface area (Å²) in [5.41, 5.74) is 1.31. The second kappa shape index (κ2) is 7.68. The molecule has 0 aliphatic rings. The highest BCUT2D eigenvalue weighted by Gasteiger charge is 2.22. The number of carbonyl (C=O) groups is 1. The molecule has 0 radical (unpaired) electrons. The van der Waals surface area contributed by atoms with E-state index in [0.717, 1.165) is 5.56 Å². The van der Waals surface area contributed by atoms with Crippen LogP contribution >= 0.6 is 0 Å². The van der Waals surface area contributed by atoms with Gasteiger partial charge in [-0.1, -0.05) is 36.4 Å². The van der Waals surface area contributed by atoms with Crippen LogP contribution in [0.3, 0.4) is 0 Å². The number of rotatable bonds is 6. The number of hydrogen-bond acceptors (Lipinski definition) is 4. The number of furan rings is 1. The molecule has 0 unspecified atom stereocenters. The van der Waals surface area contributed by atoms with Crippen molar-refractivity contribution in [3.05, 3.63) is 89.9 Å². The van der Waals surface area contributed by atoms with Gasteiger partial charge in [-0.15, -0.1) is 0 Å². The molecule has 128 valence electrons. The Morgan fingerprint density at radius 3 is 2.52 bits per heavy atom. The van der Waals surface area contributed by atoms with E-state index < -0.39 is 6.10 Å². The molecule has 1 aromatic heterocycles. The van der Waals surface area contributed by atoms with Gasteiger partial charge in [0.1, 0.15) is 17.6 Å². The molecule has 0 bridgehead atoms. The Balaban J connectivity index is 1.84. The lowest BCUT2D eigenvalue weighted by Gasteiger charge is -2.25. The summed E-state index contributed by atoms with van der Waals surface area (Å²) >= 11 is 0. The van der Waals surface area contributed by atoms with Crippen molar-refractivity contribution in [2.24, 2.45) is 0 Å². The van der Waals surface area contributed by atoms with Crippen LogP contribution in [0.2, 0.25) is 0 Å². The molecule has 0 aliphatic carbocycles. The Labute approximate surface area is 145 Å². The SMILES string of the molecule is O=C(c1cccc(O)c1)N(Cc1ccccc1)C[C@H](O)c1ccco1. The van der Waals surface area contributed by atoms with Crippen LogP contribution < -0.4 is 0 Å². The van der Waals surface area contributed by atoms with Gasteiger partial charge in [0.15, 0.2) is 0 Å². The molecule has 2 aromatic carbocycles. The third kappa shape index (κ3) is 4.28. The number of phenolic OH excluding ortho intramolecular Hbond substituents is 1. The Morgan fingerprint density at radius 1 is 1.04 bits per heavy atom. The first-order valence-corrected chi connectivity index (χ1v) is 7.97. The maximum Gasteiger partial charge on any atom is 0.254 e. The van der Waals surface area contributed by atoms with Crippen LogP contribution in [-0.4, -0.2) is 27.6 Å². The van der Waals surface area contributed by atoms with Gasteiger partial charge in [-0.3, -0.25) is 4.79 Å². The number of phenols is 1. The summed E-state index contributed by atoms with van der Waals surface area (Å²) in [6.45, 7) is 0.421. The number of amides is 1.